The third-order valence-corrected chi connectivity index (χ3v) is 5.30. The lowest BCUT2D eigenvalue weighted by atomic mass is 9.94. The van der Waals surface area contributed by atoms with Gasteiger partial charge in [-0.05, 0) is 38.5 Å². The number of fused-ring (bicyclic) bond motifs is 1. The number of thiophene rings is 1. The SMILES string of the molecule is NC1CC(O)(c2sccc2Br)c2ccccc21. The van der Waals surface area contributed by atoms with E-state index in [1.165, 1.54) is 0 Å². The van der Waals surface area contributed by atoms with Gasteiger partial charge in [0.2, 0.25) is 0 Å². The van der Waals surface area contributed by atoms with E-state index < -0.39 is 5.60 Å². The van der Waals surface area contributed by atoms with Crippen LogP contribution in [0.25, 0.3) is 0 Å². The number of benzene rings is 1. The van der Waals surface area contributed by atoms with Crippen LogP contribution >= 0.6 is 27.3 Å². The van der Waals surface area contributed by atoms with Gasteiger partial charge in [0.05, 0.1) is 4.88 Å². The fourth-order valence-electron chi connectivity index (χ4n) is 2.54. The lowest BCUT2D eigenvalue weighted by molar-refractivity contribution is 0.0808. The van der Waals surface area contributed by atoms with Crippen LogP contribution < -0.4 is 5.73 Å². The van der Waals surface area contributed by atoms with Gasteiger partial charge in [-0.15, -0.1) is 11.3 Å². The fraction of sp³-hybridized carbons (Fsp3) is 0.231. The highest BCUT2D eigenvalue weighted by atomic mass is 79.9. The molecule has 2 atom stereocenters. The number of aliphatic hydroxyl groups is 1. The molecule has 1 aliphatic carbocycles. The molecule has 0 saturated heterocycles. The lowest BCUT2D eigenvalue weighted by Crippen LogP contribution is -2.24. The predicted molar refractivity (Wildman–Crippen MR) is 73.0 cm³/mol. The van der Waals surface area contributed by atoms with Crippen molar-refractivity contribution in [3.05, 3.63) is 56.2 Å². The van der Waals surface area contributed by atoms with Crippen LogP contribution in [0.15, 0.2) is 40.2 Å². The van der Waals surface area contributed by atoms with Crippen LogP contribution in [0.5, 0.6) is 0 Å². The third kappa shape index (κ3) is 1.59. The van der Waals surface area contributed by atoms with Gasteiger partial charge in [-0.2, -0.15) is 0 Å². The van der Waals surface area contributed by atoms with Crippen molar-refractivity contribution in [2.45, 2.75) is 18.1 Å². The first kappa shape index (κ1) is 11.4. The molecular formula is C13H12BrNOS. The van der Waals surface area contributed by atoms with E-state index in [-0.39, 0.29) is 6.04 Å². The predicted octanol–water partition coefficient (Wildman–Crippen LogP) is 3.15. The molecule has 0 fully saturated rings. The summed E-state index contributed by atoms with van der Waals surface area (Å²) in [6, 6.07) is 9.75. The Balaban J connectivity index is 2.21. The molecule has 1 aromatic carbocycles. The molecule has 0 bridgehead atoms. The first-order valence-corrected chi connectivity index (χ1v) is 7.11. The number of hydrogen-bond donors (Lipinski definition) is 2. The maximum absolute atomic E-state index is 11.0. The van der Waals surface area contributed by atoms with Gasteiger partial charge in [-0.3, -0.25) is 0 Å². The van der Waals surface area contributed by atoms with Gasteiger partial charge >= 0.3 is 0 Å². The maximum Gasteiger partial charge on any atom is 0.127 e. The highest BCUT2D eigenvalue weighted by Gasteiger charge is 2.43. The molecule has 0 aliphatic heterocycles. The first-order valence-electron chi connectivity index (χ1n) is 5.44. The summed E-state index contributed by atoms with van der Waals surface area (Å²) < 4.78 is 0.953. The van der Waals surface area contributed by atoms with E-state index >= 15 is 0 Å². The Morgan fingerprint density at radius 3 is 2.82 bits per heavy atom. The highest BCUT2D eigenvalue weighted by molar-refractivity contribution is 9.10. The summed E-state index contributed by atoms with van der Waals surface area (Å²) in [5.41, 5.74) is 7.16. The minimum Gasteiger partial charge on any atom is -0.379 e. The zero-order chi connectivity index (χ0) is 12.0. The molecule has 2 nitrogen and oxygen atoms in total. The van der Waals surface area contributed by atoms with Crippen molar-refractivity contribution >= 4 is 27.3 Å². The molecule has 0 radical (unpaired) electrons. The smallest absolute Gasteiger partial charge is 0.127 e. The Hall–Kier alpha value is -0.680. The van der Waals surface area contributed by atoms with Gasteiger partial charge in [-0.1, -0.05) is 24.3 Å². The fourth-order valence-corrected chi connectivity index (χ4v) is 4.36. The summed E-state index contributed by atoms with van der Waals surface area (Å²) in [6.45, 7) is 0. The van der Waals surface area contributed by atoms with Crippen molar-refractivity contribution < 1.29 is 5.11 Å². The molecular weight excluding hydrogens is 298 g/mol. The van der Waals surface area contributed by atoms with Crippen LogP contribution in [-0.4, -0.2) is 5.11 Å². The van der Waals surface area contributed by atoms with Gasteiger partial charge in [-0.25, -0.2) is 0 Å². The standard InChI is InChI=1S/C13H12BrNOS/c14-10-5-6-17-12(10)13(16)7-11(15)8-3-1-2-4-9(8)13/h1-6,11,16H,7,15H2. The molecule has 3 rings (SSSR count). The van der Waals surface area contributed by atoms with Crippen LogP contribution in [0.3, 0.4) is 0 Å². The lowest BCUT2D eigenvalue weighted by Gasteiger charge is -2.23. The molecule has 88 valence electrons. The van der Waals surface area contributed by atoms with Crippen molar-refractivity contribution in [2.75, 3.05) is 0 Å². The second-order valence-corrected chi connectivity index (χ2v) is 6.13. The molecule has 1 aromatic heterocycles. The summed E-state index contributed by atoms with van der Waals surface area (Å²) in [7, 11) is 0. The van der Waals surface area contributed by atoms with Gasteiger partial charge < -0.3 is 10.8 Å². The second-order valence-electron chi connectivity index (χ2n) is 4.36. The molecule has 1 aliphatic rings. The molecule has 0 amide bonds. The zero-order valence-corrected chi connectivity index (χ0v) is 11.5. The van der Waals surface area contributed by atoms with E-state index in [1.807, 2.05) is 35.7 Å². The Labute approximate surface area is 112 Å². The van der Waals surface area contributed by atoms with Gasteiger partial charge in [0.15, 0.2) is 0 Å². The topological polar surface area (TPSA) is 46.2 Å². The Bertz CT molecular complexity index is 568. The molecule has 17 heavy (non-hydrogen) atoms. The zero-order valence-electron chi connectivity index (χ0n) is 9.06. The van der Waals surface area contributed by atoms with Crippen molar-refractivity contribution in [2.24, 2.45) is 5.73 Å². The van der Waals surface area contributed by atoms with E-state index in [0.717, 1.165) is 20.5 Å². The van der Waals surface area contributed by atoms with Gasteiger partial charge in [0.1, 0.15) is 5.60 Å². The first-order chi connectivity index (χ1) is 8.13. The highest BCUT2D eigenvalue weighted by Crippen LogP contribution is 2.49. The maximum atomic E-state index is 11.0. The molecule has 3 N–H and O–H groups in total. The van der Waals surface area contributed by atoms with Crippen LogP contribution in [-0.2, 0) is 5.60 Å². The average Bonchev–Trinajstić information content (AvgIpc) is 2.85. The van der Waals surface area contributed by atoms with E-state index in [2.05, 4.69) is 15.9 Å². The van der Waals surface area contributed by atoms with Crippen molar-refractivity contribution in [3.8, 4) is 0 Å². The molecule has 0 saturated carbocycles. The van der Waals surface area contributed by atoms with Crippen molar-refractivity contribution in [3.63, 3.8) is 0 Å². The summed E-state index contributed by atoms with van der Waals surface area (Å²) in [5, 5.41) is 12.9. The number of nitrogens with two attached hydrogens (primary N) is 1. The number of halogens is 1. The van der Waals surface area contributed by atoms with E-state index in [1.54, 1.807) is 11.3 Å². The minimum absolute atomic E-state index is 0.0924. The quantitative estimate of drug-likeness (QED) is 0.850. The summed E-state index contributed by atoms with van der Waals surface area (Å²) >= 11 is 5.05. The monoisotopic (exact) mass is 309 g/mol. The minimum atomic E-state index is -0.941. The van der Waals surface area contributed by atoms with Crippen LogP contribution in [0, 0.1) is 0 Å². The van der Waals surface area contributed by atoms with Crippen LogP contribution in [0.4, 0.5) is 0 Å². The normalized spacial score (nSPS) is 27.1. The third-order valence-electron chi connectivity index (χ3n) is 3.31. The second kappa shape index (κ2) is 3.92. The molecule has 4 heteroatoms. The molecule has 1 heterocycles. The van der Waals surface area contributed by atoms with Gasteiger partial charge in [0, 0.05) is 16.9 Å². The molecule has 2 aromatic rings. The van der Waals surface area contributed by atoms with Gasteiger partial charge in [0.25, 0.3) is 0 Å². The summed E-state index contributed by atoms with van der Waals surface area (Å²) in [4.78, 5) is 0.943. The Morgan fingerprint density at radius 2 is 2.12 bits per heavy atom. The van der Waals surface area contributed by atoms with Crippen molar-refractivity contribution in [1.82, 2.24) is 0 Å². The Kier molecular flexibility index (Phi) is 2.63. The van der Waals surface area contributed by atoms with Crippen LogP contribution in [0.1, 0.15) is 28.5 Å². The van der Waals surface area contributed by atoms with E-state index in [9.17, 15) is 5.11 Å². The summed E-state index contributed by atoms with van der Waals surface area (Å²) in [6.07, 6.45) is 0.547. The van der Waals surface area contributed by atoms with Crippen molar-refractivity contribution in [1.29, 1.82) is 0 Å². The molecule has 0 spiro atoms. The van der Waals surface area contributed by atoms with E-state index in [0.29, 0.717) is 6.42 Å². The largest absolute Gasteiger partial charge is 0.379 e. The van der Waals surface area contributed by atoms with E-state index in [4.69, 9.17) is 5.73 Å². The van der Waals surface area contributed by atoms with Crippen LogP contribution in [0.2, 0.25) is 0 Å². The number of hydrogen-bond acceptors (Lipinski definition) is 3. The molecule has 2 unspecified atom stereocenters. The summed E-state index contributed by atoms with van der Waals surface area (Å²) in [5.74, 6) is 0. The average molecular weight is 310 g/mol. The number of rotatable bonds is 1. The Morgan fingerprint density at radius 1 is 1.35 bits per heavy atom.